The van der Waals surface area contributed by atoms with Crippen LogP contribution in [0.4, 0.5) is 0 Å². The third-order valence-corrected chi connectivity index (χ3v) is 3.11. The van der Waals surface area contributed by atoms with Crippen molar-refractivity contribution in [2.75, 3.05) is 14.1 Å². The lowest BCUT2D eigenvalue weighted by Crippen LogP contribution is -2.40. The number of amides is 1. The fraction of sp³-hybridized carbons (Fsp3) is 0.455. The van der Waals surface area contributed by atoms with Crippen molar-refractivity contribution in [3.63, 3.8) is 0 Å². The summed E-state index contributed by atoms with van der Waals surface area (Å²) in [5.41, 5.74) is 0.674. The topological polar surface area (TPSA) is 56.1 Å². The standard InChI is InChI=1S/C11H15N3OS/c1-8(11(15)14(2)3)13-6-10-4-9(5-12)7-16-10/h4,7-8,13H,6H2,1-3H3. The maximum Gasteiger partial charge on any atom is 0.238 e. The molecule has 1 aromatic rings. The largest absolute Gasteiger partial charge is 0.347 e. The molecule has 0 saturated carbocycles. The number of nitrogens with zero attached hydrogens (tertiary/aromatic N) is 2. The summed E-state index contributed by atoms with van der Waals surface area (Å²) in [6.07, 6.45) is 0. The molecule has 0 spiro atoms. The Morgan fingerprint density at radius 2 is 2.38 bits per heavy atom. The second kappa shape index (κ2) is 5.64. The van der Waals surface area contributed by atoms with Crippen molar-refractivity contribution in [1.29, 1.82) is 5.26 Å². The van der Waals surface area contributed by atoms with Gasteiger partial charge in [0.25, 0.3) is 0 Å². The SMILES string of the molecule is CC(NCc1cc(C#N)cs1)C(=O)N(C)C. The van der Waals surface area contributed by atoms with E-state index in [1.807, 2.05) is 18.4 Å². The average Bonchev–Trinajstić information content (AvgIpc) is 2.72. The fourth-order valence-corrected chi connectivity index (χ4v) is 2.02. The number of hydrogen-bond acceptors (Lipinski definition) is 4. The van der Waals surface area contributed by atoms with Crippen LogP contribution >= 0.6 is 11.3 Å². The lowest BCUT2D eigenvalue weighted by molar-refractivity contribution is -0.130. The summed E-state index contributed by atoms with van der Waals surface area (Å²) in [7, 11) is 3.47. The Kier molecular flexibility index (Phi) is 4.47. The van der Waals surface area contributed by atoms with Gasteiger partial charge in [0, 0.05) is 30.9 Å². The first-order valence-electron chi connectivity index (χ1n) is 4.96. The summed E-state index contributed by atoms with van der Waals surface area (Å²) >= 11 is 1.53. The lowest BCUT2D eigenvalue weighted by Gasteiger charge is -2.17. The van der Waals surface area contributed by atoms with E-state index < -0.39 is 0 Å². The van der Waals surface area contributed by atoms with Crippen LogP contribution in [0.3, 0.4) is 0 Å². The smallest absolute Gasteiger partial charge is 0.238 e. The van der Waals surface area contributed by atoms with Gasteiger partial charge in [-0.3, -0.25) is 4.79 Å². The molecule has 1 N–H and O–H groups in total. The quantitative estimate of drug-likeness (QED) is 0.855. The van der Waals surface area contributed by atoms with Gasteiger partial charge in [0.1, 0.15) is 6.07 Å². The highest BCUT2D eigenvalue weighted by molar-refractivity contribution is 7.10. The minimum Gasteiger partial charge on any atom is -0.347 e. The van der Waals surface area contributed by atoms with Crippen LogP contribution in [0.2, 0.25) is 0 Å². The molecule has 1 rings (SSSR count). The molecule has 0 aliphatic heterocycles. The maximum absolute atomic E-state index is 11.5. The van der Waals surface area contributed by atoms with Crippen LogP contribution < -0.4 is 5.32 Å². The number of likely N-dealkylation sites (N-methyl/N-ethyl adjacent to an activating group) is 1. The first-order valence-corrected chi connectivity index (χ1v) is 5.84. The molecule has 0 saturated heterocycles. The second-order valence-electron chi connectivity index (χ2n) is 3.75. The van der Waals surface area contributed by atoms with Crippen molar-refractivity contribution in [3.05, 3.63) is 21.9 Å². The van der Waals surface area contributed by atoms with Crippen LogP contribution in [0, 0.1) is 11.3 Å². The second-order valence-corrected chi connectivity index (χ2v) is 4.74. The summed E-state index contributed by atoms with van der Waals surface area (Å²) in [5, 5.41) is 13.6. The van der Waals surface area contributed by atoms with Crippen LogP contribution in [-0.2, 0) is 11.3 Å². The van der Waals surface area contributed by atoms with E-state index in [4.69, 9.17) is 5.26 Å². The Hall–Kier alpha value is -1.38. The van der Waals surface area contributed by atoms with Gasteiger partial charge in [-0.1, -0.05) is 0 Å². The van der Waals surface area contributed by atoms with E-state index in [2.05, 4.69) is 11.4 Å². The van der Waals surface area contributed by atoms with E-state index in [-0.39, 0.29) is 11.9 Å². The molecule has 5 heteroatoms. The van der Waals surface area contributed by atoms with Crippen molar-refractivity contribution in [2.45, 2.75) is 19.5 Å². The van der Waals surface area contributed by atoms with Gasteiger partial charge < -0.3 is 10.2 Å². The van der Waals surface area contributed by atoms with Crippen LogP contribution in [0.1, 0.15) is 17.4 Å². The zero-order chi connectivity index (χ0) is 12.1. The van der Waals surface area contributed by atoms with Crippen molar-refractivity contribution in [2.24, 2.45) is 0 Å². The van der Waals surface area contributed by atoms with Crippen LogP contribution in [0.5, 0.6) is 0 Å². The van der Waals surface area contributed by atoms with Crippen molar-refractivity contribution >= 4 is 17.2 Å². The highest BCUT2D eigenvalue weighted by atomic mass is 32.1. The fourth-order valence-electron chi connectivity index (χ4n) is 1.26. The Labute approximate surface area is 99.5 Å². The summed E-state index contributed by atoms with van der Waals surface area (Å²) in [6.45, 7) is 2.45. The minimum absolute atomic E-state index is 0.0528. The van der Waals surface area contributed by atoms with Crippen molar-refractivity contribution in [3.8, 4) is 6.07 Å². The molecular formula is C11H15N3OS. The Morgan fingerprint density at radius 1 is 1.69 bits per heavy atom. The Bertz CT molecular complexity index is 406. The van der Waals surface area contributed by atoms with E-state index in [1.165, 1.54) is 11.3 Å². The van der Waals surface area contributed by atoms with Gasteiger partial charge in [0.05, 0.1) is 11.6 Å². The van der Waals surface area contributed by atoms with Crippen LogP contribution in [-0.4, -0.2) is 30.9 Å². The number of nitrogens with one attached hydrogen (secondary N) is 1. The summed E-state index contributed by atoms with van der Waals surface area (Å²) in [5.74, 6) is 0.0528. The predicted molar refractivity (Wildman–Crippen MR) is 64.0 cm³/mol. The van der Waals surface area contributed by atoms with E-state index >= 15 is 0 Å². The van der Waals surface area contributed by atoms with E-state index in [0.717, 1.165) is 4.88 Å². The van der Waals surface area contributed by atoms with E-state index in [0.29, 0.717) is 12.1 Å². The predicted octanol–water partition coefficient (Wildman–Crippen LogP) is 1.19. The summed E-state index contributed by atoms with van der Waals surface area (Å²) in [6, 6.07) is 3.72. The number of hydrogen-bond donors (Lipinski definition) is 1. The van der Waals surface area contributed by atoms with E-state index in [1.54, 1.807) is 19.0 Å². The molecule has 0 aliphatic carbocycles. The van der Waals surface area contributed by atoms with Gasteiger partial charge in [-0.05, 0) is 13.0 Å². The number of thiophene rings is 1. The van der Waals surface area contributed by atoms with Crippen LogP contribution in [0.15, 0.2) is 11.4 Å². The maximum atomic E-state index is 11.5. The molecule has 1 atom stereocenters. The molecule has 0 bridgehead atoms. The molecule has 1 amide bonds. The Balaban J connectivity index is 2.46. The number of rotatable bonds is 4. The zero-order valence-electron chi connectivity index (χ0n) is 9.65. The molecular weight excluding hydrogens is 222 g/mol. The van der Waals surface area contributed by atoms with Gasteiger partial charge in [-0.2, -0.15) is 5.26 Å². The molecule has 0 radical (unpaired) electrons. The molecule has 1 unspecified atom stereocenters. The molecule has 1 heterocycles. The first-order chi connectivity index (χ1) is 7.54. The molecule has 4 nitrogen and oxygen atoms in total. The number of carbonyl (C=O) groups excluding carboxylic acids is 1. The van der Waals surface area contributed by atoms with E-state index in [9.17, 15) is 4.79 Å². The van der Waals surface area contributed by atoms with Gasteiger partial charge >= 0.3 is 0 Å². The van der Waals surface area contributed by atoms with Crippen LogP contribution in [0.25, 0.3) is 0 Å². The van der Waals surface area contributed by atoms with Crippen molar-refractivity contribution in [1.82, 2.24) is 10.2 Å². The van der Waals surface area contributed by atoms with Crippen molar-refractivity contribution < 1.29 is 4.79 Å². The number of nitriles is 1. The molecule has 86 valence electrons. The van der Waals surface area contributed by atoms with Gasteiger partial charge in [0.15, 0.2) is 0 Å². The molecule has 0 aliphatic rings. The van der Waals surface area contributed by atoms with Gasteiger partial charge in [0.2, 0.25) is 5.91 Å². The third kappa shape index (κ3) is 3.33. The average molecular weight is 237 g/mol. The highest BCUT2D eigenvalue weighted by Crippen LogP contribution is 2.13. The minimum atomic E-state index is -0.206. The normalized spacial score (nSPS) is 11.9. The molecule has 1 aromatic heterocycles. The van der Waals surface area contributed by atoms with Gasteiger partial charge in [-0.15, -0.1) is 11.3 Å². The highest BCUT2D eigenvalue weighted by Gasteiger charge is 2.13. The van der Waals surface area contributed by atoms with Gasteiger partial charge in [-0.25, -0.2) is 0 Å². The molecule has 16 heavy (non-hydrogen) atoms. The first kappa shape index (κ1) is 12.7. The monoisotopic (exact) mass is 237 g/mol. The summed E-state index contributed by atoms with van der Waals surface area (Å²) < 4.78 is 0. The molecule has 0 aromatic carbocycles. The lowest BCUT2D eigenvalue weighted by atomic mass is 10.3. The Morgan fingerprint density at radius 3 is 2.88 bits per heavy atom. The third-order valence-electron chi connectivity index (χ3n) is 2.18. The molecule has 0 fully saturated rings. The zero-order valence-corrected chi connectivity index (χ0v) is 10.5. The summed E-state index contributed by atoms with van der Waals surface area (Å²) in [4.78, 5) is 14.2. The number of carbonyl (C=O) groups is 1.